The van der Waals surface area contributed by atoms with Gasteiger partial charge in [-0.15, -0.1) is 0 Å². The number of carbonyl (C=O) groups excluding carboxylic acids is 1. The number of methoxy groups -OCH3 is 1. The molecule has 0 aliphatic heterocycles. The van der Waals surface area contributed by atoms with Gasteiger partial charge in [-0.25, -0.2) is 4.79 Å². The molecule has 0 aromatic heterocycles. The van der Waals surface area contributed by atoms with Crippen LogP contribution >= 0.6 is 0 Å². The van der Waals surface area contributed by atoms with Crippen LogP contribution < -0.4 is 0 Å². The van der Waals surface area contributed by atoms with Crippen molar-refractivity contribution in [3.05, 3.63) is 11.6 Å². The molecule has 4 nitrogen and oxygen atoms in total. The number of carboxylic acid groups (broad SMARTS) is 1. The van der Waals surface area contributed by atoms with E-state index in [1.807, 2.05) is 0 Å². The second-order valence-electron chi connectivity index (χ2n) is 3.20. The zero-order valence-corrected chi connectivity index (χ0v) is 7.45. The molecule has 1 N–H and O–H groups in total. The summed E-state index contributed by atoms with van der Waals surface area (Å²) in [4.78, 5) is 21.0. The van der Waals surface area contributed by atoms with Crippen molar-refractivity contribution in [2.45, 2.75) is 19.3 Å². The normalized spacial score (nSPS) is 20.4. The van der Waals surface area contributed by atoms with Gasteiger partial charge in [0.2, 0.25) is 0 Å². The van der Waals surface area contributed by atoms with E-state index in [1.165, 1.54) is 13.2 Å². The predicted octanol–water partition coefficient (Wildman–Crippen LogP) is 0.970. The highest BCUT2D eigenvalue weighted by Crippen LogP contribution is 2.35. The largest absolute Gasteiger partial charge is 0.481 e. The molecule has 0 aromatic carbocycles. The Kier molecular flexibility index (Phi) is 3.06. The molecule has 1 rings (SSSR count). The lowest BCUT2D eigenvalue weighted by Gasteiger charge is -2.27. The third-order valence-electron chi connectivity index (χ3n) is 2.09. The molecule has 0 saturated heterocycles. The van der Waals surface area contributed by atoms with Gasteiger partial charge >= 0.3 is 11.9 Å². The smallest absolute Gasteiger partial charge is 0.330 e. The van der Waals surface area contributed by atoms with Crippen LogP contribution in [-0.2, 0) is 14.3 Å². The Morgan fingerprint density at radius 1 is 1.62 bits per heavy atom. The maximum absolute atomic E-state index is 10.7. The van der Waals surface area contributed by atoms with Gasteiger partial charge in [-0.2, -0.15) is 0 Å². The number of aliphatic carboxylic acids is 1. The first-order valence-corrected chi connectivity index (χ1v) is 4.11. The molecule has 1 saturated carbocycles. The van der Waals surface area contributed by atoms with E-state index in [0.717, 1.165) is 5.57 Å². The van der Waals surface area contributed by atoms with Gasteiger partial charge in [-0.05, 0) is 18.8 Å². The molecular weight excluding hydrogens is 172 g/mol. The number of esters is 1. The van der Waals surface area contributed by atoms with E-state index < -0.39 is 5.97 Å². The van der Waals surface area contributed by atoms with Crippen molar-refractivity contribution in [3.63, 3.8) is 0 Å². The Labute approximate surface area is 76.2 Å². The zero-order chi connectivity index (χ0) is 9.84. The second-order valence-corrected chi connectivity index (χ2v) is 3.20. The van der Waals surface area contributed by atoms with E-state index in [0.29, 0.717) is 12.8 Å². The fraction of sp³-hybridized carbons (Fsp3) is 0.556. The number of hydrogen-bond donors (Lipinski definition) is 1. The van der Waals surface area contributed by atoms with E-state index >= 15 is 0 Å². The van der Waals surface area contributed by atoms with Crippen LogP contribution in [0, 0.1) is 5.92 Å². The van der Waals surface area contributed by atoms with Crippen molar-refractivity contribution in [2.75, 3.05) is 7.11 Å². The van der Waals surface area contributed by atoms with E-state index in [-0.39, 0.29) is 18.3 Å². The summed E-state index contributed by atoms with van der Waals surface area (Å²) < 4.78 is 4.44. The van der Waals surface area contributed by atoms with Gasteiger partial charge in [0, 0.05) is 12.5 Å². The monoisotopic (exact) mass is 184 g/mol. The number of carbonyl (C=O) groups is 2. The van der Waals surface area contributed by atoms with E-state index in [4.69, 9.17) is 5.11 Å². The Morgan fingerprint density at radius 2 is 2.23 bits per heavy atom. The maximum Gasteiger partial charge on any atom is 0.330 e. The van der Waals surface area contributed by atoms with Crippen molar-refractivity contribution in [2.24, 2.45) is 5.92 Å². The first-order chi connectivity index (χ1) is 6.11. The summed E-state index contributed by atoms with van der Waals surface area (Å²) >= 11 is 0. The van der Waals surface area contributed by atoms with Crippen LogP contribution in [0.5, 0.6) is 0 Å². The van der Waals surface area contributed by atoms with Crippen LogP contribution in [-0.4, -0.2) is 24.2 Å². The minimum atomic E-state index is -0.776. The molecule has 1 fully saturated rings. The molecule has 72 valence electrons. The zero-order valence-electron chi connectivity index (χ0n) is 7.45. The number of ether oxygens (including phenoxy) is 1. The first-order valence-electron chi connectivity index (χ1n) is 4.11. The van der Waals surface area contributed by atoms with Crippen LogP contribution in [0.1, 0.15) is 19.3 Å². The van der Waals surface area contributed by atoms with Gasteiger partial charge in [0.25, 0.3) is 0 Å². The molecule has 0 atom stereocenters. The maximum atomic E-state index is 10.7. The van der Waals surface area contributed by atoms with Crippen LogP contribution in [0.15, 0.2) is 11.6 Å². The van der Waals surface area contributed by atoms with E-state index in [9.17, 15) is 9.59 Å². The number of carboxylic acids is 1. The summed E-state index contributed by atoms with van der Waals surface area (Å²) in [7, 11) is 1.33. The first kappa shape index (κ1) is 9.77. The summed E-state index contributed by atoms with van der Waals surface area (Å²) in [6.45, 7) is 0. The molecule has 0 heterocycles. The van der Waals surface area contributed by atoms with Gasteiger partial charge in [0.05, 0.1) is 7.11 Å². The standard InChI is InChI=1S/C9H12O4/c1-13-9(12)5-7-2-6(3-7)4-8(10)11/h5-6H,2-4H2,1H3,(H,10,11). The highest BCUT2D eigenvalue weighted by Gasteiger charge is 2.25. The molecule has 0 unspecified atom stereocenters. The third kappa shape index (κ3) is 2.89. The van der Waals surface area contributed by atoms with Gasteiger partial charge in [0.15, 0.2) is 0 Å². The van der Waals surface area contributed by atoms with Crippen LogP contribution in [0.3, 0.4) is 0 Å². The lowest BCUT2D eigenvalue weighted by molar-refractivity contribution is -0.138. The molecule has 0 spiro atoms. The number of allylic oxidation sites excluding steroid dienone is 1. The van der Waals surface area contributed by atoms with E-state index in [2.05, 4.69) is 4.74 Å². The quantitative estimate of drug-likeness (QED) is 0.524. The fourth-order valence-corrected chi connectivity index (χ4v) is 1.42. The Hall–Kier alpha value is -1.32. The summed E-state index contributed by atoms with van der Waals surface area (Å²) in [6, 6.07) is 0. The number of rotatable bonds is 3. The van der Waals surface area contributed by atoms with Gasteiger partial charge in [-0.1, -0.05) is 5.57 Å². The lowest BCUT2D eigenvalue weighted by Crippen LogP contribution is -2.19. The molecular formula is C9H12O4. The Morgan fingerprint density at radius 3 is 2.69 bits per heavy atom. The summed E-state index contributed by atoms with van der Waals surface area (Å²) in [5.74, 6) is -0.931. The number of hydrogen-bond acceptors (Lipinski definition) is 3. The van der Waals surface area contributed by atoms with Gasteiger partial charge in [0.1, 0.15) is 0 Å². The molecule has 0 bridgehead atoms. The molecule has 1 aliphatic carbocycles. The SMILES string of the molecule is COC(=O)C=C1CC(CC(=O)O)C1. The Bertz CT molecular complexity index is 246. The Balaban J connectivity index is 2.28. The fourth-order valence-electron chi connectivity index (χ4n) is 1.42. The molecule has 0 amide bonds. The third-order valence-corrected chi connectivity index (χ3v) is 2.09. The lowest BCUT2D eigenvalue weighted by atomic mass is 9.78. The average molecular weight is 184 g/mol. The van der Waals surface area contributed by atoms with Crippen molar-refractivity contribution in [1.82, 2.24) is 0 Å². The summed E-state index contributed by atoms with van der Waals surface area (Å²) in [5, 5.41) is 8.45. The van der Waals surface area contributed by atoms with Crippen molar-refractivity contribution < 1.29 is 19.4 Å². The molecule has 13 heavy (non-hydrogen) atoms. The molecule has 0 radical (unpaired) electrons. The molecule has 4 heteroatoms. The van der Waals surface area contributed by atoms with Crippen LogP contribution in [0.4, 0.5) is 0 Å². The van der Waals surface area contributed by atoms with E-state index in [1.54, 1.807) is 0 Å². The average Bonchev–Trinajstić information content (AvgIpc) is 1.99. The minimum absolute atomic E-state index is 0.193. The molecule has 1 aliphatic rings. The highest BCUT2D eigenvalue weighted by molar-refractivity contribution is 5.83. The van der Waals surface area contributed by atoms with Crippen LogP contribution in [0.25, 0.3) is 0 Å². The summed E-state index contributed by atoms with van der Waals surface area (Å²) in [6.07, 6.45) is 3.06. The van der Waals surface area contributed by atoms with Crippen molar-refractivity contribution in [1.29, 1.82) is 0 Å². The highest BCUT2D eigenvalue weighted by atomic mass is 16.5. The topological polar surface area (TPSA) is 63.6 Å². The molecule has 0 aromatic rings. The van der Waals surface area contributed by atoms with Gasteiger partial charge < -0.3 is 9.84 Å². The minimum Gasteiger partial charge on any atom is -0.481 e. The van der Waals surface area contributed by atoms with Gasteiger partial charge in [-0.3, -0.25) is 4.79 Å². The predicted molar refractivity (Wildman–Crippen MR) is 45.1 cm³/mol. The second kappa shape index (κ2) is 4.07. The van der Waals surface area contributed by atoms with Crippen LogP contribution in [0.2, 0.25) is 0 Å². The van der Waals surface area contributed by atoms with Crippen molar-refractivity contribution >= 4 is 11.9 Å². The van der Waals surface area contributed by atoms with Crippen molar-refractivity contribution in [3.8, 4) is 0 Å². The summed E-state index contributed by atoms with van der Waals surface area (Å²) in [5.41, 5.74) is 0.984.